The number of amides is 1. The van der Waals surface area contributed by atoms with Crippen LogP contribution in [0.15, 0.2) is 52.7 Å². The molecule has 0 N–H and O–H groups in total. The lowest BCUT2D eigenvalue weighted by Gasteiger charge is -2.44. The molecule has 5 rings (SSSR count). The fraction of sp³-hybridized carbons (Fsp3) is 0.478. The number of amidine groups is 1. The zero-order valence-electron chi connectivity index (χ0n) is 16.7. The van der Waals surface area contributed by atoms with E-state index < -0.39 is 5.54 Å². The highest BCUT2D eigenvalue weighted by Gasteiger charge is 2.56. The third-order valence-electron chi connectivity index (χ3n) is 6.64. The van der Waals surface area contributed by atoms with Crippen molar-refractivity contribution < 1.29 is 9.53 Å². The van der Waals surface area contributed by atoms with Crippen molar-refractivity contribution >= 4 is 38.8 Å². The molecule has 0 saturated carbocycles. The van der Waals surface area contributed by atoms with E-state index in [1.165, 1.54) is 22.9 Å². The van der Waals surface area contributed by atoms with E-state index in [0.29, 0.717) is 12.3 Å². The van der Waals surface area contributed by atoms with E-state index in [4.69, 9.17) is 9.73 Å². The first kappa shape index (κ1) is 19.4. The number of allylic oxidation sites excluding steroid dienone is 2. The predicted molar refractivity (Wildman–Crippen MR) is 122 cm³/mol. The summed E-state index contributed by atoms with van der Waals surface area (Å²) in [4.78, 5) is 20.5. The highest BCUT2D eigenvalue weighted by molar-refractivity contribution is 9.09. The van der Waals surface area contributed by atoms with Crippen LogP contribution in [-0.2, 0) is 16.0 Å². The van der Waals surface area contributed by atoms with Gasteiger partial charge in [0.05, 0.1) is 0 Å². The summed E-state index contributed by atoms with van der Waals surface area (Å²) in [6.07, 6.45) is 11.1. The summed E-state index contributed by atoms with van der Waals surface area (Å²) in [7, 11) is 1.84. The van der Waals surface area contributed by atoms with Crippen LogP contribution in [0.25, 0.3) is 0 Å². The molecule has 4 aliphatic rings. The van der Waals surface area contributed by atoms with Crippen LogP contribution in [-0.4, -0.2) is 45.7 Å². The summed E-state index contributed by atoms with van der Waals surface area (Å²) >= 11 is 5.24. The SMILES string of the molecule is CSC1=NC2(CC(C3CCCc4ccccc43)OC3=CCC(Br)C=C32)C(=O)N1C. The highest BCUT2D eigenvalue weighted by atomic mass is 79.9. The fourth-order valence-electron chi connectivity index (χ4n) is 5.26. The maximum Gasteiger partial charge on any atom is 0.261 e. The van der Waals surface area contributed by atoms with Gasteiger partial charge >= 0.3 is 0 Å². The summed E-state index contributed by atoms with van der Waals surface area (Å²) in [5, 5.41) is 0.789. The van der Waals surface area contributed by atoms with Crippen molar-refractivity contribution in [2.75, 3.05) is 13.3 Å². The van der Waals surface area contributed by atoms with Crippen LogP contribution in [0.2, 0.25) is 0 Å². The molecule has 1 aromatic carbocycles. The number of nitrogens with zero attached hydrogens (tertiary/aromatic N) is 2. The second kappa shape index (κ2) is 7.31. The van der Waals surface area contributed by atoms with Crippen LogP contribution in [0.3, 0.4) is 0 Å². The fourth-order valence-corrected chi connectivity index (χ4v) is 6.32. The van der Waals surface area contributed by atoms with Gasteiger partial charge in [0.2, 0.25) is 0 Å². The van der Waals surface area contributed by atoms with Gasteiger partial charge in [0, 0.05) is 29.8 Å². The van der Waals surface area contributed by atoms with Crippen molar-refractivity contribution in [3.8, 4) is 0 Å². The van der Waals surface area contributed by atoms with Crippen LogP contribution < -0.4 is 0 Å². The number of halogens is 1. The number of hydrogen-bond acceptors (Lipinski definition) is 4. The number of hydrogen-bond donors (Lipinski definition) is 0. The Balaban J connectivity index is 1.60. The van der Waals surface area contributed by atoms with E-state index >= 15 is 0 Å². The summed E-state index contributed by atoms with van der Waals surface area (Å²) in [6, 6.07) is 8.72. The van der Waals surface area contributed by atoms with Crippen molar-refractivity contribution in [3.63, 3.8) is 0 Å². The first-order valence-electron chi connectivity index (χ1n) is 10.3. The Morgan fingerprint density at radius 2 is 2.17 bits per heavy atom. The minimum absolute atomic E-state index is 0.0472. The maximum atomic E-state index is 13.5. The molecule has 4 unspecified atom stereocenters. The average Bonchev–Trinajstić information content (AvgIpc) is 2.99. The van der Waals surface area contributed by atoms with Gasteiger partial charge in [-0.25, -0.2) is 4.99 Å². The molecule has 2 aliphatic heterocycles. The Bertz CT molecular complexity index is 956. The van der Waals surface area contributed by atoms with Gasteiger partial charge in [-0.1, -0.05) is 58.0 Å². The smallest absolute Gasteiger partial charge is 0.261 e. The Morgan fingerprint density at radius 1 is 1.34 bits per heavy atom. The number of thioether (sulfide) groups is 1. The van der Waals surface area contributed by atoms with E-state index in [1.807, 2.05) is 13.3 Å². The van der Waals surface area contributed by atoms with Gasteiger partial charge in [0.15, 0.2) is 10.7 Å². The third-order valence-corrected chi connectivity index (χ3v) is 8.01. The molecule has 0 aromatic heterocycles. The molecule has 0 radical (unpaired) electrons. The molecule has 4 nitrogen and oxygen atoms in total. The largest absolute Gasteiger partial charge is 0.490 e. The van der Waals surface area contributed by atoms with Crippen molar-refractivity contribution in [1.29, 1.82) is 0 Å². The highest BCUT2D eigenvalue weighted by Crippen LogP contribution is 2.50. The van der Waals surface area contributed by atoms with Gasteiger partial charge in [-0.05, 0) is 49.1 Å². The number of rotatable bonds is 1. The molecule has 1 spiro atoms. The van der Waals surface area contributed by atoms with Crippen molar-refractivity contribution in [2.45, 2.75) is 54.5 Å². The van der Waals surface area contributed by atoms with Gasteiger partial charge in [0.1, 0.15) is 11.9 Å². The summed E-state index contributed by atoms with van der Waals surface area (Å²) < 4.78 is 6.60. The lowest BCUT2D eigenvalue weighted by atomic mass is 9.71. The van der Waals surface area contributed by atoms with E-state index in [1.54, 1.807) is 4.90 Å². The lowest BCUT2D eigenvalue weighted by Crippen LogP contribution is -2.50. The number of ether oxygens (including phenoxy) is 1. The maximum absolute atomic E-state index is 13.5. The van der Waals surface area contributed by atoms with E-state index in [2.05, 4.69) is 52.3 Å². The van der Waals surface area contributed by atoms with Crippen LogP contribution >= 0.6 is 27.7 Å². The Labute approximate surface area is 184 Å². The molecule has 4 atom stereocenters. The summed E-state index contributed by atoms with van der Waals surface area (Å²) in [5.41, 5.74) is 2.88. The molecule has 0 bridgehead atoms. The first-order chi connectivity index (χ1) is 14.0. The van der Waals surface area contributed by atoms with Crippen LogP contribution in [0.5, 0.6) is 0 Å². The van der Waals surface area contributed by atoms with E-state index in [0.717, 1.165) is 42.2 Å². The van der Waals surface area contributed by atoms with Crippen molar-refractivity contribution in [1.82, 2.24) is 4.90 Å². The molecule has 1 fully saturated rings. The molecule has 2 heterocycles. The Hall–Kier alpha value is -1.53. The monoisotopic (exact) mass is 472 g/mol. The normalized spacial score (nSPS) is 33.5. The third kappa shape index (κ3) is 3.02. The number of alkyl halides is 1. The first-order valence-corrected chi connectivity index (χ1v) is 12.4. The number of aryl methyl sites for hydroxylation is 1. The van der Waals surface area contributed by atoms with Gasteiger partial charge < -0.3 is 4.74 Å². The molecule has 2 aliphatic carbocycles. The van der Waals surface area contributed by atoms with Crippen LogP contribution in [0.1, 0.15) is 42.7 Å². The van der Waals surface area contributed by atoms with Crippen molar-refractivity contribution in [2.24, 2.45) is 4.99 Å². The number of carbonyl (C=O) groups excluding carboxylic acids is 1. The predicted octanol–water partition coefficient (Wildman–Crippen LogP) is 4.80. The van der Waals surface area contributed by atoms with E-state index in [-0.39, 0.29) is 16.8 Å². The molecule has 1 saturated heterocycles. The molecular weight excluding hydrogens is 448 g/mol. The number of benzene rings is 1. The number of likely N-dealkylation sites (N-methyl/N-ethyl adjacent to an activating group) is 1. The summed E-state index contributed by atoms with van der Waals surface area (Å²) in [6.45, 7) is 0. The van der Waals surface area contributed by atoms with Gasteiger partial charge in [0.25, 0.3) is 5.91 Å². The molecule has 29 heavy (non-hydrogen) atoms. The molecule has 1 aromatic rings. The van der Waals surface area contributed by atoms with Gasteiger partial charge in [-0.15, -0.1) is 0 Å². The van der Waals surface area contributed by atoms with Crippen molar-refractivity contribution in [3.05, 3.63) is 58.9 Å². The minimum Gasteiger partial charge on any atom is -0.490 e. The molecule has 152 valence electrons. The zero-order valence-corrected chi connectivity index (χ0v) is 19.1. The topological polar surface area (TPSA) is 41.9 Å². The number of aliphatic imine (C=N–C) groups is 1. The lowest BCUT2D eigenvalue weighted by molar-refractivity contribution is -0.131. The van der Waals surface area contributed by atoms with Gasteiger partial charge in [-0.2, -0.15) is 0 Å². The Kier molecular flexibility index (Phi) is 4.90. The standard InChI is InChI=1S/C23H25BrN2O2S/c1-26-21(27)23(25-22(26)29-2)13-20(28-19-11-10-15(24)12-18(19)23)17-9-5-7-14-6-3-4-8-16(14)17/h3-4,6,8,11-12,15,17,20H,5,7,9-10,13H2,1-2H3. The number of fused-ring (bicyclic) bond motifs is 3. The second-order valence-corrected chi connectivity index (χ2v) is 10.2. The average molecular weight is 473 g/mol. The molecule has 1 amide bonds. The molecule has 6 heteroatoms. The zero-order chi connectivity index (χ0) is 20.2. The number of carbonyl (C=O) groups is 1. The summed E-state index contributed by atoms with van der Waals surface area (Å²) in [5.74, 6) is 1.22. The minimum atomic E-state index is -0.860. The Morgan fingerprint density at radius 3 is 2.97 bits per heavy atom. The van der Waals surface area contributed by atoms with Crippen LogP contribution in [0.4, 0.5) is 0 Å². The van der Waals surface area contributed by atoms with Crippen LogP contribution in [0, 0.1) is 0 Å². The molecular formula is C23H25BrN2O2S. The van der Waals surface area contributed by atoms with Gasteiger partial charge in [-0.3, -0.25) is 9.69 Å². The quantitative estimate of drug-likeness (QED) is 0.551. The van der Waals surface area contributed by atoms with E-state index in [9.17, 15) is 4.79 Å². The second-order valence-electron chi connectivity index (χ2n) is 8.28.